The molecule has 5 rings (SSSR count). The molecule has 5 aliphatic rings. The molecule has 3 amide bonds. The number of aliphatic hydroxyl groups is 13. The molecule has 0 aromatic heterocycles. The van der Waals surface area contributed by atoms with E-state index in [9.17, 15) is 80.8 Å². The Bertz CT molecular complexity index is 1560. The SMILES string of the molecule is CC(=O)NC1C(O)[C@H](O)[C@H](CO)O[C@H]1O[C@@H]1C(O)[C@H](O)C(CO)O[C@@H]1OCC1O[C@@H](O[C@@H]2C(CO)O[C@@H](O[C@@H]3C(CO)O[C@@H](C)C(NC(C)=O)[C@H]3O)C(NC(C)=O)[C@H]2O)C(O)[C@@H](O)[C@@H]1O. The second-order valence-electron chi connectivity index (χ2n) is 16.5. The van der Waals surface area contributed by atoms with E-state index in [0.29, 0.717) is 0 Å². The van der Waals surface area contributed by atoms with Gasteiger partial charge >= 0.3 is 0 Å². The van der Waals surface area contributed by atoms with Crippen LogP contribution in [0.1, 0.15) is 27.7 Å². The van der Waals surface area contributed by atoms with Crippen LogP contribution in [0.4, 0.5) is 0 Å². The average molecular weight is 950 g/mol. The monoisotopic (exact) mass is 949 g/mol. The zero-order chi connectivity index (χ0) is 48.2. The standard InChI is InChI=1S/C37H63N3O25/c1-10-19(38-11(2)45)26(52)31(16(7-43)58-10)63-35-21(40-13(4)47)27(53)32(17(8-44)61-35)64-36-30(56)28(54)24(50)18(62-36)9-57-37-33(29(55)23(49)15(6-42)60-37)65-34-20(39-12(3)46)25(51)22(48)14(5-41)59-34/h10,14-37,41-44,48-56H,5-9H2,1-4H3,(H,38,45)(H,39,46)(H,40,47)/t10-,14-,15?,16?,17?,18?,19?,20?,21?,22+,23+,24+,25?,26+,27+,28-,29?,30?,31+,32+,33+,34-,35-,36-,37-/m0/s1. The molecule has 0 bridgehead atoms. The van der Waals surface area contributed by atoms with Crippen molar-refractivity contribution >= 4 is 17.7 Å². The minimum absolute atomic E-state index is 0.524. The number of ether oxygens (including phenoxy) is 9. The predicted molar refractivity (Wildman–Crippen MR) is 205 cm³/mol. The molecular weight excluding hydrogens is 886 g/mol. The van der Waals surface area contributed by atoms with Crippen LogP contribution in [-0.2, 0) is 57.0 Å². The van der Waals surface area contributed by atoms with Crippen LogP contribution in [0.5, 0.6) is 0 Å². The number of rotatable bonds is 16. The normalized spacial score (nSPS) is 47.1. The summed E-state index contributed by atoms with van der Waals surface area (Å²) in [6.07, 6.45) is -37.5. The first-order chi connectivity index (χ1) is 30.7. The Morgan fingerprint density at radius 1 is 0.415 bits per heavy atom. The lowest BCUT2D eigenvalue weighted by Crippen LogP contribution is -2.70. The second-order valence-corrected chi connectivity index (χ2v) is 16.5. The van der Waals surface area contributed by atoms with Crippen molar-refractivity contribution in [2.24, 2.45) is 0 Å². The first-order valence-corrected chi connectivity index (χ1v) is 20.9. The van der Waals surface area contributed by atoms with Gasteiger partial charge in [0.25, 0.3) is 0 Å². The lowest BCUT2D eigenvalue weighted by molar-refractivity contribution is -0.372. The summed E-state index contributed by atoms with van der Waals surface area (Å²) in [4.78, 5) is 36.3. The van der Waals surface area contributed by atoms with Crippen LogP contribution in [0.3, 0.4) is 0 Å². The molecule has 5 fully saturated rings. The third kappa shape index (κ3) is 12.0. The maximum absolute atomic E-state index is 12.4. The fourth-order valence-electron chi connectivity index (χ4n) is 8.37. The van der Waals surface area contributed by atoms with Gasteiger partial charge in [-0.05, 0) is 6.92 Å². The van der Waals surface area contributed by atoms with Gasteiger partial charge in [0.2, 0.25) is 17.7 Å². The first-order valence-electron chi connectivity index (χ1n) is 20.9. The van der Waals surface area contributed by atoms with Gasteiger partial charge in [0, 0.05) is 20.8 Å². The minimum atomic E-state index is -2.08. The molecule has 5 saturated heterocycles. The highest BCUT2D eigenvalue weighted by Crippen LogP contribution is 2.34. The molecule has 0 spiro atoms. The summed E-state index contributed by atoms with van der Waals surface area (Å²) in [5.41, 5.74) is 0. The topological polar surface area (TPSA) is 433 Å². The van der Waals surface area contributed by atoms with E-state index in [-0.39, 0.29) is 0 Å². The molecule has 5 heterocycles. The number of aliphatic hydroxyl groups excluding tert-OH is 13. The maximum Gasteiger partial charge on any atom is 0.217 e. The molecule has 65 heavy (non-hydrogen) atoms. The molecule has 0 aliphatic carbocycles. The van der Waals surface area contributed by atoms with Gasteiger partial charge in [-0.2, -0.15) is 0 Å². The smallest absolute Gasteiger partial charge is 0.217 e. The molecule has 0 aromatic rings. The van der Waals surface area contributed by atoms with Gasteiger partial charge in [0.1, 0.15) is 116 Å². The van der Waals surface area contributed by atoms with Gasteiger partial charge in [-0.3, -0.25) is 14.4 Å². The highest BCUT2D eigenvalue weighted by molar-refractivity contribution is 5.74. The van der Waals surface area contributed by atoms with E-state index in [0.717, 1.165) is 13.8 Å². The fraction of sp³-hybridized carbons (Fsp3) is 0.919. The van der Waals surface area contributed by atoms with Crippen LogP contribution in [-0.4, -0.2) is 270 Å². The van der Waals surface area contributed by atoms with Crippen molar-refractivity contribution in [1.29, 1.82) is 0 Å². The lowest BCUT2D eigenvalue weighted by Gasteiger charge is -2.49. The van der Waals surface area contributed by atoms with E-state index in [1.807, 2.05) is 0 Å². The van der Waals surface area contributed by atoms with Crippen molar-refractivity contribution in [1.82, 2.24) is 16.0 Å². The molecule has 16 N–H and O–H groups in total. The van der Waals surface area contributed by atoms with Gasteiger partial charge in [-0.25, -0.2) is 0 Å². The largest absolute Gasteiger partial charge is 0.394 e. The number of amides is 3. The lowest BCUT2D eigenvalue weighted by atomic mass is 9.92. The molecule has 0 aromatic carbocycles. The zero-order valence-electron chi connectivity index (χ0n) is 35.7. The molecule has 5 aliphatic heterocycles. The summed E-state index contributed by atoms with van der Waals surface area (Å²) in [6.45, 7) is 0.717. The van der Waals surface area contributed by atoms with Crippen LogP contribution in [0, 0.1) is 0 Å². The molecule has 10 unspecified atom stereocenters. The van der Waals surface area contributed by atoms with Crippen molar-refractivity contribution in [3.05, 3.63) is 0 Å². The summed E-state index contributed by atoms with van der Waals surface area (Å²) in [5.74, 6) is -1.98. The van der Waals surface area contributed by atoms with Crippen molar-refractivity contribution in [3.63, 3.8) is 0 Å². The molecule has 28 nitrogen and oxygen atoms in total. The van der Waals surface area contributed by atoms with Crippen molar-refractivity contribution in [3.8, 4) is 0 Å². The van der Waals surface area contributed by atoms with Gasteiger partial charge in [-0.1, -0.05) is 0 Å². The van der Waals surface area contributed by atoms with Crippen LogP contribution >= 0.6 is 0 Å². The van der Waals surface area contributed by atoms with Crippen LogP contribution in [0.25, 0.3) is 0 Å². The van der Waals surface area contributed by atoms with E-state index < -0.39 is 204 Å². The minimum Gasteiger partial charge on any atom is -0.394 e. The van der Waals surface area contributed by atoms with Gasteiger partial charge in [0.15, 0.2) is 25.2 Å². The number of hydrogen-bond acceptors (Lipinski definition) is 25. The summed E-state index contributed by atoms with van der Waals surface area (Å²) in [5, 5.41) is 146. The Labute approximate surface area is 370 Å². The van der Waals surface area contributed by atoms with Gasteiger partial charge < -0.3 is 125 Å². The number of carbonyl (C=O) groups is 3. The second kappa shape index (κ2) is 23.2. The van der Waals surface area contributed by atoms with Crippen molar-refractivity contribution in [2.45, 2.75) is 181 Å². The Morgan fingerprint density at radius 3 is 1.32 bits per heavy atom. The number of hydrogen-bond donors (Lipinski definition) is 16. The summed E-state index contributed by atoms with van der Waals surface area (Å²) in [7, 11) is 0. The van der Waals surface area contributed by atoms with E-state index >= 15 is 0 Å². The molecule has 25 atom stereocenters. The molecule has 0 saturated carbocycles. The molecular formula is C37H63N3O25. The van der Waals surface area contributed by atoms with E-state index in [4.69, 9.17) is 42.6 Å². The molecule has 0 radical (unpaired) electrons. The predicted octanol–water partition coefficient (Wildman–Crippen LogP) is -10.4. The van der Waals surface area contributed by atoms with Crippen LogP contribution < -0.4 is 16.0 Å². The highest BCUT2D eigenvalue weighted by atomic mass is 16.8. The van der Waals surface area contributed by atoms with Gasteiger partial charge in [-0.15, -0.1) is 0 Å². The van der Waals surface area contributed by atoms with E-state index in [1.54, 1.807) is 0 Å². The Kier molecular flexibility index (Phi) is 19.1. The summed E-state index contributed by atoms with van der Waals surface area (Å²) >= 11 is 0. The first kappa shape index (κ1) is 53.5. The fourth-order valence-corrected chi connectivity index (χ4v) is 8.37. The highest BCUT2D eigenvalue weighted by Gasteiger charge is 2.56. The third-order valence-electron chi connectivity index (χ3n) is 11.8. The molecule has 376 valence electrons. The quantitative estimate of drug-likeness (QED) is 0.0683. The Morgan fingerprint density at radius 2 is 0.800 bits per heavy atom. The van der Waals surface area contributed by atoms with Crippen molar-refractivity contribution in [2.75, 3.05) is 33.0 Å². The average Bonchev–Trinajstić information content (AvgIpc) is 3.26. The van der Waals surface area contributed by atoms with Crippen molar-refractivity contribution < 1.29 is 123 Å². The number of nitrogens with one attached hydrogen (secondary N) is 3. The zero-order valence-corrected chi connectivity index (χ0v) is 35.7. The van der Waals surface area contributed by atoms with Crippen LogP contribution in [0.15, 0.2) is 0 Å². The maximum atomic E-state index is 12.4. The van der Waals surface area contributed by atoms with E-state index in [1.165, 1.54) is 13.8 Å². The molecule has 28 heteroatoms. The van der Waals surface area contributed by atoms with E-state index in [2.05, 4.69) is 16.0 Å². The number of carbonyl (C=O) groups excluding carboxylic acids is 3. The summed E-state index contributed by atoms with van der Waals surface area (Å²) in [6, 6.07) is -4.17. The third-order valence-corrected chi connectivity index (χ3v) is 11.8. The summed E-state index contributed by atoms with van der Waals surface area (Å²) < 4.78 is 52.2. The Hall–Kier alpha value is -2.47. The van der Waals surface area contributed by atoms with Crippen LogP contribution in [0.2, 0.25) is 0 Å². The van der Waals surface area contributed by atoms with Gasteiger partial charge in [0.05, 0.1) is 45.2 Å². The Balaban J connectivity index is 1.34.